The van der Waals surface area contributed by atoms with E-state index < -0.39 is 23.2 Å². The molecule has 2 aromatic carbocycles. The number of carbonyl (C=O) groups excluding carboxylic acids is 1. The Bertz CT molecular complexity index is 974. The van der Waals surface area contributed by atoms with Crippen LogP contribution in [-0.4, -0.2) is 17.9 Å². The quantitative estimate of drug-likeness (QED) is 0.326. The summed E-state index contributed by atoms with van der Waals surface area (Å²) >= 11 is 0. The average Bonchev–Trinajstić information content (AvgIpc) is 2.65. The van der Waals surface area contributed by atoms with Crippen LogP contribution in [0.2, 0.25) is 0 Å². The molecule has 1 atom stereocenters. The van der Waals surface area contributed by atoms with Crippen LogP contribution in [0, 0.1) is 35.4 Å². The van der Waals surface area contributed by atoms with E-state index in [2.05, 4.69) is 15.6 Å². The number of amides is 1. The van der Waals surface area contributed by atoms with E-state index in [-0.39, 0.29) is 12.3 Å². The second-order valence-corrected chi connectivity index (χ2v) is 8.18. The molecular weight excluding hydrogens is 386 g/mol. The number of rotatable bonds is 6. The van der Waals surface area contributed by atoms with Crippen molar-refractivity contribution in [3.8, 4) is 6.19 Å². The summed E-state index contributed by atoms with van der Waals surface area (Å²) < 4.78 is 26.5. The van der Waals surface area contributed by atoms with Gasteiger partial charge in [0, 0.05) is 11.8 Å². The number of hydrogen-bond donors (Lipinski definition) is 2. The van der Waals surface area contributed by atoms with Crippen LogP contribution in [0.5, 0.6) is 0 Å². The van der Waals surface area contributed by atoms with Crippen LogP contribution in [0.3, 0.4) is 0 Å². The predicted octanol–water partition coefficient (Wildman–Crippen LogP) is 4.02. The lowest BCUT2D eigenvalue weighted by molar-refractivity contribution is -0.121. The zero-order valence-electron chi connectivity index (χ0n) is 17.6. The predicted molar refractivity (Wildman–Crippen MR) is 113 cm³/mol. The molecule has 0 aliphatic carbocycles. The maximum absolute atomic E-state index is 13.4. The van der Waals surface area contributed by atoms with Crippen LogP contribution < -0.4 is 10.6 Å². The van der Waals surface area contributed by atoms with Gasteiger partial charge in [0.2, 0.25) is 5.91 Å². The molecule has 0 fully saturated rings. The van der Waals surface area contributed by atoms with E-state index in [1.54, 1.807) is 0 Å². The first-order valence-electron chi connectivity index (χ1n) is 9.59. The zero-order chi connectivity index (χ0) is 22.3. The Hall–Kier alpha value is -3.27. The first-order valence-corrected chi connectivity index (χ1v) is 9.59. The molecule has 7 heteroatoms. The average molecular weight is 412 g/mol. The van der Waals surface area contributed by atoms with Gasteiger partial charge in [-0.3, -0.25) is 10.1 Å². The number of benzene rings is 2. The molecule has 2 aromatic rings. The Kier molecular flexibility index (Phi) is 7.65. The molecule has 5 nitrogen and oxygen atoms in total. The van der Waals surface area contributed by atoms with Gasteiger partial charge in [-0.05, 0) is 35.7 Å². The first-order chi connectivity index (χ1) is 14.1. The van der Waals surface area contributed by atoms with Crippen LogP contribution in [0.1, 0.15) is 37.5 Å². The highest BCUT2D eigenvalue weighted by Gasteiger charge is 2.26. The topological polar surface area (TPSA) is 77.3 Å². The number of carbonyl (C=O) groups is 1. The Balaban J connectivity index is 2.21. The molecule has 30 heavy (non-hydrogen) atoms. The highest BCUT2D eigenvalue weighted by molar-refractivity contribution is 5.86. The molecule has 1 unspecified atom stereocenters. The van der Waals surface area contributed by atoms with Crippen molar-refractivity contribution in [3.05, 3.63) is 70.8 Å². The number of halogens is 2. The molecule has 0 aliphatic rings. The van der Waals surface area contributed by atoms with Crippen molar-refractivity contribution in [2.45, 2.75) is 46.7 Å². The Labute approximate surface area is 175 Å². The van der Waals surface area contributed by atoms with E-state index in [1.807, 2.05) is 58.2 Å². The summed E-state index contributed by atoms with van der Waals surface area (Å²) in [6.07, 6.45) is 1.56. The fourth-order valence-corrected chi connectivity index (χ4v) is 2.81. The van der Waals surface area contributed by atoms with Crippen LogP contribution in [-0.2, 0) is 17.6 Å². The summed E-state index contributed by atoms with van der Waals surface area (Å²) in [6.45, 7) is 7.72. The van der Waals surface area contributed by atoms with Gasteiger partial charge in [-0.15, -0.1) is 0 Å². The number of aryl methyl sites for hydroxylation is 1. The number of nitrogens with zero attached hydrogens (tertiary/aromatic N) is 2. The maximum Gasteiger partial charge on any atom is 0.226 e. The van der Waals surface area contributed by atoms with Gasteiger partial charge in [-0.1, -0.05) is 51.1 Å². The molecule has 158 valence electrons. The minimum Gasteiger partial charge on any atom is -0.334 e. The summed E-state index contributed by atoms with van der Waals surface area (Å²) in [5.74, 6) is -1.90. The van der Waals surface area contributed by atoms with Gasteiger partial charge in [0.25, 0.3) is 0 Å². The van der Waals surface area contributed by atoms with Crippen molar-refractivity contribution in [2.75, 3.05) is 0 Å². The van der Waals surface area contributed by atoms with E-state index >= 15 is 0 Å². The smallest absolute Gasteiger partial charge is 0.226 e. The third-order valence-corrected chi connectivity index (χ3v) is 4.57. The normalized spacial score (nSPS) is 12.8. The Morgan fingerprint density at radius 1 is 1.13 bits per heavy atom. The summed E-state index contributed by atoms with van der Waals surface area (Å²) in [5, 5.41) is 14.6. The van der Waals surface area contributed by atoms with E-state index in [1.165, 1.54) is 6.07 Å². The Morgan fingerprint density at radius 3 is 2.43 bits per heavy atom. The van der Waals surface area contributed by atoms with Gasteiger partial charge in [0.05, 0.1) is 6.42 Å². The van der Waals surface area contributed by atoms with Crippen molar-refractivity contribution in [1.82, 2.24) is 10.6 Å². The number of amidine groups is 1. The molecule has 0 radical (unpaired) electrons. The van der Waals surface area contributed by atoms with Crippen molar-refractivity contribution in [2.24, 2.45) is 10.4 Å². The monoisotopic (exact) mass is 412 g/mol. The number of aliphatic imine (C=N–C) groups is 1. The zero-order valence-corrected chi connectivity index (χ0v) is 17.6. The van der Waals surface area contributed by atoms with E-state index in [0.717, 1.165) is 23.3 Å². The van der Waals surface area contributed by atoms with Crippen LogP contribution in [0.25, 0.3) is 0 Å². The lowest BCUT2D eigenvalue weighted by Crippen LogP contribution is -2.44. The first kappa shape index (κ1) is 23.0. The Morgan fingerprint density at radius 2 is 1.83 bits per heavy atom. The fraction of sp³-hybridized carbons (Fsp3) is 0.348. The molecule has 2 rings (SSSR count). The lowest BCUT2D eigenvalue weighted by Gasteiger charge is -2.29. The molecule has 0 aliphatic heterocycles. The van der Waals surface area contributed by atoms with Crippen LogP contribution in [0.15, 0.2) is 47.5 Å². The number of nitrogens with one attached hydrogen (secondary N) is 2. The minimum atomic E-state index is -0.996. The van der Waals surface area contributed by atoms with E-state index in [0.29, 0.717) is 17.8 Å². The molecule has 0 aromatic heterocycles. The van der Waals surface area contributed by atoms with Gasteiger partial charge >= 0.3 is 0 Å². The van der Waals surface area contributed by atoms with Crippen molar-refractivity contribution in [1.29, 1.82) is 5.26 Å². The summed E-state index contributed by atoms with van der Waals surface area (Å²) in [4.78, 5) is 17.1. The second-order valence-electron chi connectivity index (χ2n) is 8.18. The third-order valence-electron chi connectivity index (χ3n) is 4.57. The number of nitriles is 1. The molecule has 0 heterocycles. The largest absolute Gasteiger partial charge is 0.334 e. The van der Waals surface area contributed by atoms with Gasteiger partial charge in [0.1, 0.15) is 12.0 Å². The second kappa shape index (κ2) is 9.97. The van der Waals surface area contributed by atoms with Gasteiger partial charge < -0.3 is 5.32 Å². The maximum atomic E-state index is 13.4. The molecule has 0 bridgehead atoms. The van der Waals surface area contributed by atoms with Crippen LogP contribution >= 0.6 is 0 Å². The van der Waals surface area contributed by atoms with E-state index in [9.17, 15) is 13.6 Å². The molecule has 0 saturated carbocycles. The van der Waals surface area contributed by atoms with Gasteiger partial charge in [-0.25, -0.2) is 13.8 Å². The standard InChI is InChI=1S/C23H26F2N4O/c1-15-7-5-6-8-17(15)13-20(27-14-26)28-22(23(2,3)4)29-21(30)12-16-9-10-18(24)19(25)11-16/h5-11,22H,12-13H2,1-4H3,(H,27,28)(H,29,30). The molecule has 0 saturated heterocycles. The molecule has 2 N–H and O–H groups in total. The van der Waals surface area contributed by atoms with Gasteiger partial charge in [0.15, 0.2) is 17.8 Å². The highest BCUT2D eigenvalue weighted by Crippen LogP contribution is 2.21. The fourth-order valence-electron chi connectivity index (χ4n) is 2.81. The van der Waals surface area contributed by atoms with E-state index in [4.69, 9.17) is 5.26 Å². The molecular formula is C23H26F2N4O. The highest BCUT2D eigenvalue weighted by atomic mass is 19.2. The van der Waals surface area contributed by atoms with Crippen molar-refractivity contribution < 1.29 is 13.6 Å². The molecule has 0 spiro atoms. The SMILES string of the molecule is Cc1ccccc1C/C(=N/C(NC(=O)Cc1ccc(F)c(F)c1)C(C)(C)C)NC#N. The molecule has 1 amide bonds. The number of hydrogen-bond acceptors (Lipinski definition) is 3. The third kappa shape index (κ3) is 6.66. The summed E-state index contributed by atoms with van der Waals surface area (Å²) in [7, 11) is 0. The van der Waals surface area contributed by atoms with Crippen molar-refractivity contribution in [3.63, 3.8) is 0 Å². The summed E-state index contributed by atoms with van der Waals surface area (Å²) in [5.41, 5.74) is 2.00. The van der Waals surface area contributed by atoms with Gasteiger partial charge in [-0.2, -0.15) is 5.26 Å². The summed E-state index contributed by atoms with van der Waals surface area (Å²) in [6, 6.07) is 11.1. The minimum absolute atomic E-state index is 0.113. The lowest BCUT2D eigenvalue weighted by atomic mass is 9.92. The van der Waals surface area contributed by atoms with Crippen molar-refractivity contribution >= 4 is 11.7 Å². The van der Waals surface area contributed by atoms with Crippen LogP contribution in [0.4, 0.5) is 8.78 Å².